The van der Waals surface area contributed by atoms with Crippen LogP contribution in [0.25, 0.3) is 5.69 Å². The Labute approximate surface area is 183 Å². The highest BCUT2D eigenvalue weighted by Crippen LogP contribution is 2.35. The van der Waals surface area contributed by atoms with Crippen LogP contribution in [0.2, 0.25) is 0 Å². The van der Waals surface area contributed by atoms with Crippen molar-refractivity contribution in [1.29, 1.82) is 0 Å². The minimum atomic E-state index is -0.0160. The number of hydrogen-bond acceptors (Lipinski definition) is 3. The molecule has 1 saturated carbocycles. The van der Waals surface area contributed by atoms with E-state index in [1.807, 2.05) is 78.0 Å². The van der Waals surface area contributed by atoms with Gasteiger partial charge < -0.3 is 15.0 Å². The highest BCUT2D eigenvalue weighted by atomic mass is 16.5. The van der Waals surface area contributed by atoms with Crippen LogP contribution in [-0.2, 0) is 6.54 Å². The fourth-order valence-electron chi connectivity index (χ4n) is 3.62. The molecule has 4 rings (SSSR count). The van der Waals surface area contributed by atoms with Crippen LogP contribution >= 0.6 is 0 Å². The average molecular weight is 419 g/mol. The molecule has 31 heavy (non-hydrogen) atoms. The zero-order chi connectivity index (χ0) is 21.8. The van der Waals surface area contributed by atoms with Crippen LogP contribution in [0, 0.1) is 13.8 Å². The third kappa shape index (κ3) is 4.90. The summed E-state index contributed by atoms with van der Waals surface area (Å²) in [6, 6.07) is 18.2. The number of benzene rings is 2. The average Bonchev–Trinajstić information content (AvgIpc) is 3.56. The maximum absolute atomic E-state index is 12.8. The van der Waals surface area contributed by atoms with E-state index in [2.05, 4.69) is 12.2 Å². The Kier molecular flexibility index (Phi) is 6.26. The van der Waals surface area contributed by atoms with Gasteiger partial charge in [0.2, 0.25) is 5.88 Å². The lowest BCUT2D eigenvalue weighted by molar-refractivity contribution is 0.191. The normalized spacial score (nSPS) is 13.1. The van der Waals surface area contributed by atoms with E-state index in [0.29, 0.717) is 19.0 Å². The van der Waals surface area contributed by atoms with Crippen LogP contribution < -0.4 is 10.1 Å². The van der Waals surface area contributed by atoms with Crippen molar-refractivity contribution in [1.82, 2.24) is 20.0 Å². The molecule has 6 heteroatoms. The van der Waals surface area contributed by atoms with Gasteiger partial charge in [-0.15, -0.1) is 0 Å². The molecule has 1 aromatic heterocycles. The van der Waals surface area contributed by atoms with Gasteiger partial charge in [0.1, 0.15) is 5.75 Å². The molecule has 0 spiro atoms. The lowest BCUT2D eigenvalue weighted by atomic mass is 10.2. The summed E-state index contributed by atoms with van der Waals surface area (Å²) in [6.07, 6.45) is 3.00. The fraction of sp³-hybridized carbons (Fsp3) is 0.360. The van der Waals surface area contributed by atoms with E-state index in [9.17, 15) is 4.79 Å². The number of carbonyl (C=O) groups excluding carboxylic acids is 1. The quantitative estimate of drug-likeness (QED) is 0.535. The van der Waals surface area contributed by atoms with Crippen molar-refractivity contribution in [2.45, 2.75) is 52.6 Å². The van der Waals surface area contributed by atoms with Crippen molar-refractivity contribution in [3.8, 4) is 17.3 Å². The molecule has 2 aromatic carbocycles. The molecule has 0 saturated heterocycles. The molecule has 0 radical (unpaired) electrons. The standard InChI is InChI=1S/C25H30N4O2/c1-4-15-26-25(30)28(20-13-14-20)17-23-19(3)27-29(21-10-6-5-7-11-21)24(23)31-22-12-8-9-18(2)16-22/h5-12,16,20H,4,13-15,17H2,1-3H3,(H,26,30). The predicted octanol–water partition coefficient (Wildman–Crippen LogP) is 5.37. The number of hydrogen-bond donors (Lipinski definition) is 1. The van der Waals surface area contributed by atoms with Crippen molar-refractivity contribution in [3.05, 3.63) is 71.4 Å². The molecule has 0 atom stereocenters. The Bertz CT molecular complexity index is 1040. The molecule has 1 fully saturated rings. The maximum atomic E-state index is 12.8. The Hall–Kier alpha value is -3.28. The lowest BCUT2D eigenvalue weighted by Gasteiger charge is -2.23. The third-order valence-corrected chi connectivity index (χ3v) is 5.45. The Morgan fingerprint density at radius 3 is 2.61 bits per heavy atom. The van der Waals surface area contributed by atoms with E-state index in [0.717, 1.165) is 47.5 Å². The van der Waals surface area contributed by atoms with Gasteiger partial charge >= 0.3 is 6.03 Å². The number of para-hydroxylation sites is 1. The molecule has 0 unspecified atom stereocenters. The van der Waals surface area contributed by atoms with Gasteiger partial charge in [0.15, 0.2) is 0 Å². The number of urea groups is 1. The number of nitrogens with one attached hydrogen (secondary N) is 1. The first kappa shape index (κ1) is 21.0. The lowest BCUT2D eigenvalue weighted by Crippen LogP contribution is -2.41. The highest BCUT2D eigenvalue weighted by molar-refractivity contribution is 5.75. The minimum absolute atomic E-state index is 0.0160. The Balaban J connectivity index is 1.72. The van der Waals surface area contributed by atoms with E-state index in [1.54, 1.807) is 0 Å². The van der Waals surface area contributed by atoms with Crippen molar-refractivity contribution < 1.29 is 9.53 Å². The van der Waals surface area contributed by atoms with Gasteiger partial charge in [0.05, 0.1) is 23.5 Å². The molecule has 2 amide bonds. The molecule has 162 valence electrons. The highest BCUT2D eigenvalue weighted by Gasteiger charge is 2.34. The number of rotatable bonds is 8. The van der Waals surface area contributed by atoms with Gasteiger partial charge in [0, 0.05) is 12.6 Å². The van der Waals surface area contributed by atoms with Gasteiger partial charge in [0.25, 0.3) is 0 Å². The number of amides is 2. The summed E-state index contributed by atoms with van der Waals surface area (Å²) in [5.41, 5.74) is 3.84. The number of aromatic nitrogens is 2. The van der Waals surface area contributed by atoms with E-state index in [4.69, 9.17) is 9.84 Å². The van der Waals surface area contributed by atoms with Crippen LogP contribution in [0.5, 0.6) is 11.6 Å². The summed E-state index contributed by atoms with van der Waals surface area (Å²) in [6.45, 7) is 7.23. The summed E-state index contributed by atoms with van der Waals surface area (Å²) in [5, 5.41) is 7.81. The van der Waals surface area contributed by atoms with E-state index >= 15 is 0 Å². The number of ether oxygens (including phenoxy) is 1. The Morgan fingerprint density at radius 2 is 1.94 bits per heavy atom. The smallest absolute Gasteiger partial charge is 0.317 e. The SMILES string of the molecule is CCCNC(=O)N(Cc1c(C)nn(-c2ccccc2)c1Oc1cccc(C)c1)C1CC1. The van der Waals surface area contributed by atoms with Gasteiger partial charge in [-0.25, -0.2) is 9.48 Å². The zero-order valence-electron chi connectivity index (χ0n) is 18.5. The number of aryl methyl sites for hydroxylation is 2. The predicted molar refractivity (Wildman–Crippen MR) is 122 cm³/mol. The summed E-state index contributed by atoms with van der Waals surface area (Å²) in [5.74, 6) is 1.41. The first-order valence-corrected chi connectivity index (χ1v) is 11.0. The van der Waals surface area contributed by atoms with Gasteiger partial charge in [-0.05, 0) is 62.9 Å². The van der Waals surface area contributed by atoms with Crippen LogP contribution in [0.1, 0.15) is 43.0 Å². The molecule has 1 heterocycles. The van der Waals surface area contributed by atoms with E-state index in [1.165, 1.54) is 0 Å². The van der Waals surface area contributed by atoms with E-state index in [-0.39, 0.29) is 12.1 Å². The maximum Gasteiger partial charge on any atom is 0.317 e. The summed E-state index contributed by atoms with van der Waals surface area (Å²) in [7, 11) is 0. The first-order chi connectivity index (χ1) is 15.1. The zero-order valence-corrected chi connectivity index (χ0v) is 18.5. The fourth-order valence-corrected chi connectivity index (χ4v) is 3.62. The van der Waals surface area contributed by atoms with Crippen molar-refractivity contribution in [3.63, 3.8) is 0 Å². The molecular formula is C25H30N4O2. The van der Waals surface area contributed by atoms with Gasteiger partial charge in [-0.1, -0.05) is 37.3 Å². The second-order valence-corrected chi connectivity index (χ2v) is 8.13. The second-order valence-electron chi connectivity index (χ2n) is 8.13. The van der Waals surface area contributed by atoms with Crippen molar-refractivity contribution in [2.24, 2.45) is 0 Å². The second kappa shape index (κ2) is 9.25. The van der Waals surface area contributed by atoms with Crippen LogP contribution in [0.3, 0.4) is 0 Å². The molecule has 0 aliphatic heterocycles. The number of carbonyl (C=O) groups is 1. The molecule has 0 bridgehead atoms. The van der Waals surface area contributed by atoms with Gasteiger partial charge in [-0.2, -0.15) is 5.10 Å². The largest absolute Gasteiger partial charge is 0.439 e. The summed E-state index contributed by atoms with van der Waals surface area (Å²) >= 11 is 0. The van der Waals surface area contributed by atoms with Crippen LogP contribution in [0.15, 0.2) is 54.6 Å². The molecule has 1 aliphatic rings. The first-order valence-electron chi connectivity index (χ1n) is 11.0. The molecule has 1 aliphatic carbocycles. The van der Waals surface area contributed by atoms with Crippen molar-refractivity contribution in [2.75, 3.05) is 6.54 Å². The topological polar surface area (TPSA) is 59.4 Å². The third-order valence-electron chi connectivity index (χ3n) is 5.45. The molecule has 6 nitrogen and oxygen atoms in total. The molecule has 1 N–H and O–H groups in total. The Morgan fingerprint density at radius 1 is 1.16 bits per heavy atom. The van der Waals surface area contributed by atoms with Crippen LogP contribution in [0.4, 0.5) is 4.79 Å². The monoisotopic (exact) mass is 418 g/mol. The number of nitrogens with zero attached hydrogens (tertiary/aromatic N) is 3. The van der Waals surface area contributed by atoms with E-state index < -0.39 is 0 Å². The summed E-state index contributed by atoms with van der Waals surface area (Å²) < 4.78 is 8.24. The van der Waals surface area contributed by atoms with Gasteiger partial charge in [-0.3, -0.25) is 0 Å². The van der Waals surface area contributed by atoms with Crippen molar-refractivity contribution >= 4 is 6.03 Å². The minimum Gasteiger partial charge on any atom is -0.439 e. The van der Waals surface area contributed by atoms with Crippen LogP contribution in [-0.4, -0.2) is 33.3 Å². The summed E-state index contributed by atoms with van der Waals surface area (Å²) in [4.78, 5) is 14.8. The molecular weight excluding hydrogens is 388 g/mol. The molecule has 3 aromatic rings.